The van der Waals surface area contributed by atoms with E-state index >= 15 is 0 Å². The summed E-state index contributed by atoms with van der Waals surface area (Å²) in [6, 6.07) is 4.91. The van der Waals surface area contributed by atoms with E-state index in [1.165, 1.54) is 6.21 Å². The minimum atomic E-state index is 0.122. The van der Waals surface area contributed by atoms with Gasteiger partial charge in [0, 0.05) is 11.3 Å². The lowest BCUT2D eigenvalue weighted by Crippen LogP contribution is -1.94. The van der Waals surface area contributed by atoms with Gasteiger partial charge < -0.3 is 9.84 Å². The molecule has 118 valence electrons. The molecular weight excluding hydrogens is 302 g/mol. The molecule has 0 bridgehead atoms. The van der Waals surface area contributed by atoms with Crippen molar-refractivity contribution in [1.82, 2.24) is 15.2 Å². The van der Waals surface area contributed by atoms with Gasteiger partial charge in [-0.2, -0.15) is 10.1 Å². The number of rotatable bonds is 7. The Bertz CT molecular complexity index is 642. The van der Waals surface area contributed by atoms with Gasteiger partial charge >= 0.3 is 0 Å². The third kappa shape index (κ3) is 4.66. The summed E-state index contributed by atoms with van der Waals surface area (Å²) in [7, 11) is 1.57. The SMILES string of the molecule is COc1ccc(O)c(/C=N/Nc2nc(SCC(C)C)n[nH]2)c1. The zero-order valence-corrected chi connectivity index (χ0v) is 13.5. The average Bonchev–Trinajstić information content (AvgIpc) is 2.95. The first-order valence-electron chi connectivity index (χ1n) is 6.79. The van der Waals surface area contributed by atoms with Crippen LogP contribution in [0.15, 0.2) is 28.5 Å². The first kappa shape index (κ1) is 16.2. The van der Waals surface area contributed by atoms with Gasteiger partial charge in [-0.25, -0.2) is 10.5 Å². The fourth-order valence-corrected chi connectivity index (χ4v) is 2.28. The van der Waals surface area contributed by atoms with E-state index in [1.807, 2.05) is 0 Å². The summed E-state index contributed by atoms with van der Waals surface area (Å²) in [4.78, 5) is 4.25. The molecule has 0 fully saturated rings. The maximum Gasteiger partial charge on any atom is 0.240 e. The van der Waals surface area contributed by atoms with Crippen LogP contribution in [0.1, 0.15) is 19.4 Å². The topological polar surface area (TPSA) is 95.4 Å². The Kier molecular flexibility index (Phi) is 5.65. The molecular formula is C14H19N5O2S. The van der Waals surface area contributed by atoms with Crippen LogP contribution in [0.5, 0.6) is 11.5 Å². The van der Waals surface area contributed by atoms with E-state index in [-0.39, 0.29) is 5.75 Å². The summed E-state index contributed by atoms with van der Waals surface area (Å²) in [5.41, 5.74) is 3.28. The van der Waals surface area contributed by atoms with E-state index in [1.54, 1.807) is 37.1 Å². The van der Waals surface area contributed by atoms with Crippen molar-refractivity contribution in [3.05, 3.63) is 23.8 Å². The molecule has 1 aromatic heterocycles. The summed E-state index contributed by atoms with van der Waals surface area (Å²) in [6.45, 7) is 4.29. The number of hydrogen-bond acceptors (Lipinski definition) is 7. The second kappa shape index (κ2) is 7.69. The second-order valence-electron chi connectivity index (χ2n) is 4.97. The van der Waals surface area contributed by atoms with Crippen LogP contribution in [0.3, 0.4) is 0 Å². The number of methoxy groups -OCH3 is 1. The number of nitrogens with zero attached hydrogens (tertiary/aromatic N) is 3. The van der Waals surface area contributed by atoms with Crippen molar-refractivity contribution in [3.63, 3.8) is 0 Å². The van der Waals surface area contributed by atoms with Crippen LogP contribution in [0.2, 0.25) is 0 Å². The van der Waals surface area contributed by atoms with Gasteiger partial charge in [0.2, 0.25) is 11.1 Å². The highest BCUT2D eigenvalue weighted by molar-refractivity contribution is 7.99. The smallest absolute Gasteiger partial charge is 0.240 e. The summed E-state index contributed by atoms with van der Waals surface area (Å²) in [6.07, 6.45) is 1.49. The van der Waals surface area contributed by atoms with E-state index < -0.39 is 0 Å². The highest BCUT2D eigenvalue weighted by atomic mass is 32.2. The number of anilines is 1. The standard InChI is InChI=1S/C14H19N5O2S/c1-9(2)8-22-14-16-13(18-19-14)17-15-7-10-6-11(21-3)4-5-12(10)20/h4-7,9,20H,8H2,1-3H3,(H2,16,17,18,19)/b15-7+. The third-order valence-electron chi connectivity index (χ3n) is 2.62. The molecule has 8 heteroatoms. The zero-order chi connectivity index (χ0) is 15.9. The Morgan fingerprint density at radius 1 is 1.50 bits per heavy atom. The van der Waals surface area contributed by atoms with Gasteiger partial charge in [0.1, 0.15) is 11.5 Å². The second-order valence-corrected chi connectivity index (χ2v) is 5.95. The van der Waals surface area contributed by atoms with Crippen molar-refractivity contribution in [1.29, 1.82) is 0 Å². The maximum absolute atomic E-state index is 9.74. The number of hydrogen-bond donors (Lipinski definition) is 3. The van der Waals surface area contributed by atoms with Gasteiger partial charge in [0.15, 0.2) is 0 Å². The molecule has 0 unspecified atom stereocenters. The van der Waals surface area contributed by atoms with Gasteiger partial charge in [0.25, 0.3) is 0 Å². The van der Waals surface area contributed by atoms with Gasteiger partial charge in [-0.15, -0.1) is 5.10 Å². The van der Waals surface area contributed by atoms with Crippen molar-refractivity contribution in [2.24, 2.45) is 11.0 Å². The molecule has 0 aliphatic carbocycles. The minimum absolute atomic E-state index is 0.122. The lowest BCUT2D eigenvalue weighted by atomic mass is 10.2. The first-order chi connectivity index (χ1) is 10.6. The number of thioether (sulfide) groups is 1. The Balaban J connectivity index is 1.95. The largest absolute Gasteiger partial charge is 0.507 e. The fraction of sp³-hybridized carbons (Fsp3) is 0.357. The van der Waals surface area contributed by atoms with Gasteiger partial charge in [-0.3, -0.25) is 0 Å². The lowest BCUT2D eigenvalue weighted by molar-refractivity contribution is 0.412. The minimum Gasteiger partial charge on any atom is -0.507 e. The average molecular weight is 321 g/mol. The Labute approximate surface area is 133 Å². The molecule has 0 radical (unpaired) electrons. The molecule has 0 atom stereocenters. The zero-order valence-electron chi connectivity index (χ0n) is 12.7. The number of ether oxygens (including phenoxy) is 1. The highest BCUT2D eigenvalue weighted by Gasteiger charge is 2.04. The predicted octanol–water partition coefficient (Wildman–Crippen LogP) is 2.71. The normalized spacial score (nSPS) is 11.3. The quantitative estimate of drug-likeness (QED) is 0.412. The van der Waals surface area contributed by atoms with E-state index in [4.69, 9.17) is 4.74 Å². The van der Waals surface area contributed by atoms with Crippen LogP contribution in [-0.4, -0.2) is 39.4 Å². The predicted molar refractivity (Wildman–Crippen MR) is 87.8 cm³/mol. The van der Waals surface area contributed by atoms with Crippen molar-refractivity contribution in [3.8, 4) is 11.5 Å². The highest BCUT2D eigenvalue weighted by Crippen LogP contribution is 2.21. The molecule has 22 heavy (non-hydrogen) atoms. The van der Waals surface area contributed by atoms with Crippen molar-refractivity contribution >= 4 is 23.9 Å². The summed E-state index contributed by atoms with van der Waals surface area (Å²) < 4.78 is 5.10. The van der Waals surface area contributed by atoms with Crippen LogP contribution in [-0.2, 0) is 0 Å². The van der Waals surface area contributed by atoms with Gasteiger partial charge in [-0.05, 0) is 24.1 Å². The van der Waals surface area contributed by atoms with Gasteiger partial charge in [0.05, 0.1) is 13.3 Å². The number of hydrazone groups is 1. The number of phenols is 1. The summed E-state index contributed by atoms with van der Waals surface area (Å²) in [5.74, 6) is 2.75. The number of nitrogens with one attached hydrogen (secondary N) is 2. The molecule has 0 saturated heterocycles. The lowest BCUT2D eigenvalue weighted by Gasteiger charge is -2.02. The first-order valence-corrected chi connectivity index (χ1v) is 7.78. The van der Waals surface area contributed by atoms with Crippen LogP contribution in [0.4, 0.5) is 5.95 Å². The van der Waals surface area contributed by atoms with Crippen molar-refractivity contribution < 1.29 is 9.84 Å². The van der Waals surface area contributed by atoms with E-state index in [0.717, 1.165) is 5.75 Å². The number of aromatic hydroxyl groups is 1. The molecule has 0 aliphatic rings. The molecule has 0 amide bonds. The number of phenolic OH excluding ortho intramolecular Hbond substituents is 1. The van der Waals surface area contributed by atoms with Crippen molar-refractivity contribution in [2.45, 2.75) is 19.0 Å². The summed E-state index contributed by atoms with van der Waals surface area (Å²) >= 11 is 1.58. The van der Waals surface area contributed by atoms with Crippen LogP contribution in [0.25, 0.3) is 0 Å². The molecule has 0 aliphatic heterocycles. The number of aromatic nitrogens is 3. The van der Waals surface area contributed by atoms with E-state index in [9.17, 15) is 5.11 Å². The number of aromatic amines is 1. The summed E-state index contributed by atoms with van der Waals surface area (Å²) in [5, 5.41) is 21.3. The van der Waals surface area contributed by atoms with Crippen LogP contribution < -0.4 is 10.2 Å². The molecule has 7 nitrogen and oxygen atoms in total. The maximum atomic E-state index is 9.74. The number of H-pyrrole nitrogens is 1. The Hall–Kier alpha value is -2.22. The Morgan fingerprint density at radius 2 is 2.32 bits per heavy atom. The molecule has 1 aromatic carbocycles. The van der Waals surface area contributed by atoms with Crippen molar-refractivity contribution in [2.75, 3.05) is 18.3 Å². The van der Waals surface area contributed by atoms with E-state index in [0.29, 0.717) is 28.3 Å². The fourth-order valence-electron chi connectivity index (χ4n) is 1.53. The molecule has 2 aromatic rings. The molecule has 2 rings (SSSR count). The number of benzene rings is 1. The monoisotopic (exact) mass is 321 g/mol. The van der Waals surface area contributed by atoms with Gasteiger partial charge in [-0.1, -0.05) is 25.6 Å². The van der Waals surface area contributed by atoms with E-state index in [2.05, 4.69) is 39.6 Å². The Morgan fingerprint density at radius 3 is 3.05 bits per heavy atom. The van der Waals surface area contributed by atoms with Crippen LogP contribution >= 0.6 is 11.8 Å². The molecule has 0 spiro atoms. The molecule has 1 heterocycles. The molecule has 0 saturated carbocycles. The van der Waals surface area contributed by atoms with Crippen LogP contribution in [0, 0.1) is 5.92 Å². The molecule has 3 N–H and O–H groups in total. The third-order valence-corrected chi connectivity index (χ3v) is 3.89.